The van der Waals surface area contributed by atoms with E-state index in [9.17, 15) is 16.8 Å². The van der Waals surface area contributed by atoms with Gasteiger partial charge in [0.25, 0.3) is 10.0 Å². The van der Waals surface area contributed by atoms with Crippen molar-refractivity contribution in [1.29, 1.82) is 0 Å². The van der Waals surface area contributed by atoms with Gasteiger partial charge in [-0.2, -0.15) is 0 Å². The van der Waals surface area contributed by atoms with E-state index in [2.05, 4.69) is 4.98 Å². The van der Waals surface area contributed by atoms with Gasteiger partial charge in [0.05, 0.1) is 29.7 Å². The molecule has 0 saturated carbocycles. The lowest BCUT2D eigenvalue weighted by Gasteiger charge is -2.36. The molecule has 1 spiro atoms. The van der Waals surface area contributed by atoms with E-state index in [-0.39, 0.29) is 4.75 Å². The molecule has 176 valence electrons. The fraction of sp³-hybridized carbons (Fsp3) is 0.381. The summed E-state index contributed by atoms with van der Waals surface area (Å²) in [5, 5.41) is 3.54. The summed E-state index contributed by atoms with van der Waals surface area (Å²) < 4.78 is 52.9. The average molecular weight is 525 g/mol. The first-order valence-corrected chi connectivity index (χ1v) is 15.4. The highest BCUT2D eigenvalue weighted by Crippen LogP contribution is 2.44. The third kappa shape index (κ3) is 4.12. The van der Waals surface area contributed by atoms with Crippen LogP contribution in [0.5, 0.6) is 0 Å². The van der Waals surface area contributed by atoms with E-state index in [1.807, 2.05) is 18.2 Å². The summed E-state index contributed by atoms with van der Waals surface area (Å²) in [7, 11) is -5.25. The minimum atomic E-state index is -3.65. The minimum absolute atomic E-state index is 0.0874. The van der Waals surface area contributed by atoms with Crippen molar-refractivity contribution in [1.82, 2.24) is 9.29 Å². The number of aliphatic imine (C=N–C) groups is 1. The Morgan fingerprint density at radius 1 is 1.12 bits per heavy atom. The van der Waals surface area contributed by atoms with Crippen LogP contribution in [0, 0.1) is 0 Å². The van der Waals surface area contributed by atoms with Gasteiger partial charge in [-0.25, -0.2) is 21.1 Å². The highest BCUT2D eigenvalue weighted by molar-refractivity contribution is 8.15. The second kappa shape index (κ2) is 8.12. The Kier molecular flexibility index (Phi) is 5.64. The normalized spacial score (nSPS) is 19.3. The number of sulfonamides is 2. The van der Waals surface area contributed by atoms with Crippen LogP contribution in [0.15, 0.2) is 51.0 Å². The van der Waals surface area contributed by atoms with Crippen LogP contribution in [-0.4, -0.2) is 68.9 Å². The van der Waals surface area contributed by atoms with E-state index in [0.717, 1.165) is 34.5 Å². The number of piperidine rings is 1. The maximum Gasteiger partial charge on any atom is 0.273 e. The number of aromatic amines is 1. The third-order valence-electron chi connectivity index (χ3n) is 6.24. The molecule has 1 N–H and O–H groups in total. The number of hydrogen-bond donors (Lipinski definition) is 1. The van der Waals surface area contributed by atoms with Crippen molar-refractivity contribution in [3.8, 4) is 0 Å². The molecule has 1 aromatic carbocycles. The van der Waals surface area contributed by atoms with Gasteiger partial charge in [-0.05, 0) is 36.4 Å². The zero-order chi connectivity index (χ0) is 23.4. The Morgan fingerprint density at radius 3 is 2.55 bits per heavy atom. The Labute approximate surface area is 201 Å². The molecule has 33 heavy (non-hydrogen) atoms. The summed E-state index contributed by atoms with van der Waals surface area (Å²) in [6.07, 6.45) is 2.77. The van der Waals surface area contributed by atoms with E-state index in [4.69, 9.17) is 4.99 Å². The first-order chi connectivity index (χ1) is 15.6. The molecule has 0 amide bonds. The highest BCUT2D eigenvalue weighted by atomic mass is 32.2. The van der Waals surface area contributed by atoms with Crippen LogP contribution in [0.3, 0.4) is 0 Å². The molecule has 2 aliphatic heterocycles. The van der Waals surface area contributed by atoms with Gasteiger partial charge in [0.15, 0.2) is 0 Å². The highest BCUT2D eigenvalue weighted by Gasteiger charge is 2.42. The summed E-state index contributed by atoms with van der Waals surface area (Å²) >= 11 is 2.89. The molecule has 2 aromatic heterocycles. The SMILES string of the molecule is CN(c1cccc2cc(C3=NCC4(CCN(S(C)(=O)=O)CC4)S3)[nH]c12)S(=O)(=O)c1cccs1. The fourth-order valence-corrected chi connectivity index (χ4v) is 8.79. The van der Waals surface area contributed by atoms with Gasteiger partial charge >= 0.3 is 0 Å². The largest absolute Gasteiger partial charge is 0.351 e. The summed E-state index contributed by atoms with van der Waals surface area (Å²) in [5.74, 6) is 0. The number of hydrogen-bond acceptors (Lipinski definition) is 7. The molecular formula is C21H24N4O4S4. The zero-order valence-corrected chi connectivity index (χ0v) is 21.5. The molecule has 1 saturated heterocycles. The molecule has 2 aliphatic rings. The Bertz CT molecular complexity index is 1430. The molecule has 0 radical (unpaired) electrons. The first-order valence-electron chi connectivity index (χ1n) is 10.4. The van der Waals surface area contributed by atoms with Crippen molar-refractivity contribution in [2.24, 2.45) is 4.99 Å². The monoisotopic (exact) mass is 524 g/mol. The Balaban J connectivity index is 1.40. The summed E-state index contributed by atoms with van der Waals surface area (Å²) in [4.78, 5) is 8.18. The molecule has 0 unspecified atom stereocenters. The lowest BCUT2D eigenvalue weighted by molar-refractivity contribution is 0.305. The summed E-state index contributed by atoms with van der Waals surface area (Å²) in [5.41, 5.74) is 2.17. The molecule has 5 rings (SSSR count). The number of H-pyrrole nitrogens is 1. The molecular weight excluding hydrogens is 501 g/mol. The second-order valence-electron chi connectivity index (χ2n) is 8.40. The van der Waals surface area contributed by atoms with Crippen molar-refractivity contribution < 1.29 is 16.8 Å². The predicted octanol–water partition coefficient (Wildman–Crippen LogP) is 3.34. The van der Waals surface area contributed by atoms with E-state index in [1.165, 1.54) is 26.2 Å². The van der Waals surface area contributed by atoms with Gasteiger partial charge in [0.2, 0.25) is 10.0 Å². The van der Waals surface area contributed by atoms with Crippen molar-refractivity contribution in [2.75, 3.05) is 37.2 Å². The number of nitrogens with zero attached hydrogens (tertiary/aromatic N) is 3. The number of rotatable bonds is 5. The van der Waals surface area contributed by atoms with E-state index in [1.54, 1.807) is 42.4 Å². The molecule has 4 heterocycles. The number of fused-ring (bicyclic) bond motifs is 1. The van der Waals surface area contributed by atoms with Crippen LogP contribution in [-0.2, 0) is 20.0 Å². The van der Waals surface area contributed by atoms with Gasteiger partial charge < -0.3 is 4.98 Å². The number of thiophene rings is 1. The Hall–Kier alpha value is -1.86. The number of anilines is 1. The molecule has 1 fully saturated rings. The first kappa shape index (κ1) is 22.9. The smallest absolute Gasteiger partial charge is 0.273 e. The quantitative estimate of drug-likeness (QED) is 0.551. The van der Waals surface area contributed by atoms with Crippen molar-refractivity contribution in [3.63, 3.8) is 0 Å². The van der Waals surface area contributed by atoms with Crippen LogP contribution in [0.2, 0.25) is 0 Å². The number of para-hydroxylation sites is 1. The lowest BCUT2D eigenvalue weighted by atomic mass is 9.97. The average Bonchev–Trinajstić information content (AvgIpc) is 3.52. The van der Waals surface area contributed by atoms with E-state index < -0.39 is 20.0 Å². The van der Waals surface area contributed by atoms with Gasteiger partial charge in [-0.3, -0.25) is 9.30 Å². The molecule has 0 atom stereocenters. The fourth-order valence-electron chi connectivity index (χ4n) is 4.30. The lowest BCUT2D eigenvalue weighted by Crippen LogP contribution is -2.45. The minimum Gasteiger partial charge on any atom is -0.351 e. The topological polar surface area (TPSA) is 103 Å². The van der Waals surface area contributed by atoms with Crippen LogP contribution >= 0.6 is 23.1 Å². The molecule has 0 bridgehead atoms. The summed E-state index contributed by atoms with van der Waals surface area (Å²) in [6.45, 7) is 1.67. The maximum absolute atomic E-state index is 13.0. The number of aromatic nitrogens is 1. The van der Waals surface area contributed by atoms with Gasteiger partial charge in [-0.15, -0.1) is 11.3 Å². The standard InChI is InChI=1S/C21H24N4O4S4/c1-24(33(28,29)18-7-4-12-30-18)17-6-3-5-15-13-16(23-19(15)17)20-22-14-21(31-20)8-10-25(11-9-21)32(2,26)27/h3-7,12-13,23H,8-11,14H2,1-2H3. The van der Waals surface area contributed by atoms with Crippen molar-refractivity contribution in [3.05, 3.63) is 47.5 Å². The number of thioether (sulfide) groups is 1. The van der Waals surface area contributed by atoms with Gasteiger partial charge in [0.1, 0.15) is 9.25 Å². The predicted molar refractivity (Wildman–Crippen MR) is 136 cm³/mol. The molecule has 3 aromatic rings. The van der Waals surface area contributed by atoms with Crippen LogP contribution in [0.4, 0.5) is 5.69 Å². The van der Waals surface area contributed by atoms with Crippen molar-refractivity contribution >= 4 is 64.8 Å². The number of benzene rings is 1. The van der Waals surface area contributed by atoms with Gasteiger partial charge in [0, 0.05) is 30.3 Å². The third-order valence-corrected chi connectivity index (χ3v) is 12.2. The Morgan fingerprint density at radius 2 is 1.88 bits per heavy atom. The van der Waals surface area contributed by atoms with E-state index >= 15 is 0 Å². The number of nitrogens with one attached hydrogen (secondary N) is 1. The summed E-state index contributed by atoms with van der Waals surface area (Å²) in [6, 6.07) is 10.9. The van der Waals surface area contributed by atoms with E-state index in [0.29, 0.717) is 29.5 Å². The van der Waals surface area contributed by atoms with Crippen LogP contribution in [0.1, 0.15) is 18.5 Å². The molecule has 0 aliphatic carbocycles. The zero-order valence-electron chi connectivity index (χ0n) is 18.2. The maximum atomic E-state index is 13.0. The molecule has 12 heteroatoms. The second-order valence-corrected chi connectivity index (χ2v) is 15.0. The van der Waals surface area contributed by atoms with Crippen LogP contribution < -0.4 is 4.31 Å². The van der Waals surface area contributed by atoms with Crippen LogP contribution in [0.25, 0.3) is 10.9 Å². The molecule has 8 nitrogen and oxygen atoms in total. The van der Waals surface area contributed by atoms with Crippen molar-refractivity contribution in [2.45, 2.75) is 21.8 Å². The van der Waals surface area contributed by atoms with Gasteiger partial charge in [-0.1, -0.05) is 30.0 Å².